The van der Waals surface area contributed by atoms with Gasteiger partial charge >= 0.3 is 0 Å². The Morgan fingerprint density at radius 3 is 2.41 bits per heavy atom. The van der Waals surface area contributed by atoms with Gasteiger partial charge in [0, 0.05) is 0 Å². The van der Waals surface area contributed by atoms with Crippen LogP contribution < -0.4 is 0 Å². The molecule has 1 atom stereocenters. The van der Waals surface area contributed by atoms with E-state index in [1.54, 1.807) is 0 Å². The van der Waals surface area contributed by atoms with Gasteiger partial charge in [-0.25, -0.2) is 0 Å². The molecule has 0 aromatic heterocycles. The van der Waals surface area contributed by atoms with E-state index < -0.39 is 0 Å². The van der Waals surface area contributed by atoms with E-state index in [1.165, 1.54) is 44.9 Å². The van der Waals surface area contributed by atoms with Crippen molar-refractivity contribution in [1.29, 1.82) is 0 Å². The first-order chi connectivity index (χ1) is 8.22. The summed E-state index contributed by atoms with van der Waals surface area (Å²) in [5.74, 6) is 0. The second kappa shape index (κ2) is 8.10. The van der Waals surface area contributed by atoms with Gasteiger partial charge in [-0.3, -0.25) is 0 Å². The van der Waals surface area contributed by atoms with Crippen molar-refractivity contribution in [1.82, 2.24) is 0 Å². The van der Waals surface area contributed by atoms with E-state index in [0.717, 1.165) is 19.4 Å². The SMILES string of the molecule is CCCC(O)COCC1(CCC)CCCCC1. The van der Waals surface area contributed by atoms with Gasteiger partial charge in [-0.15, -0.1) is 0 Å². The zero-order valence-corrected chi connectivity index (χ0v) is 11.7. The van der Waals surface area contributed by atoms with Crippen molar-refractivity contribution in [2.24, 2.45) is 5.41 Å². The van der Waals surface area contributed by atoms with Crippen molar-refractivity contribution in [2.45, 2.75) is 77.7 Å². The molecule has 0 radical (unpaired) electrons. The first kappa shape index (κ1) is 15.0. The highest BCUT2D eigenvalue weighted by atomic mass is 16.5. The smallest absolute Gasteiger partial charge is 0.0773 e. The molecule has 1 N–H and O–H groups in total. The van der Waals surface area contributed by atoms with Crippen molar-refractivity contribution in [3.8, 4) is 0 Å². The zero-order valence-electron chi connectivity index (χ0n) is 11.7. The average molecular weight is 242 g/mol. The van der Waals surface area contributed by atoms with Crippen LogP contribution in [-0.2, 0) is 4.74 Å². The van der Waals surface area contributed by atoms with Gasteiger partial charge in [-0.2, -0.15) is 0 Å². The van der Waals surface area contributed by atoms with E-state index in [4.69, 9.17) is 4.74 Å². The minimum Gasteiger partial charge on any atom is -0.391 e. The summed E-state index contributed by atoms with van der Waals surface area (Å²) in [5.41, 5.74) is 0.429. The Hall–Kier alpha value is -0.0800. The van der Waals surface area contributed by atoms with Crippen LogP contribution in [0.3, 0.4) is 0 Å². The summed E-state index contributed by atoms with van der Waals surface area (Å²) in [5, 5.41) is 9.67. The summed E-state index contributed by atoms with van der Waals surface area (Å²) in [6.07, 6.45) is 10.9. The molecule has 1 saturated carbocycles. The lowest BCUT2D eigenvalue weighted by molar-refractivity contribution is -0.0264. The maximum Gasteiger partial charge on any atom is 0.0773 e. The Bertz CT molecular complexity index is 180. The number of aliphatic hydroxyl groups excluding tert-OH is 1. The molecule has 2 nitrogen and oxygen atoms in total. The molecule has 2 heteroatoms. The van der Waals surface area contributed by atoms with E-state index in [-0.39, 0.29) is 6.10 Å². The second-order valence-electron chi connectivity index (χ2n) is 5.77. The molecule has 1 fully saturated rings. The van der Waals surface area contributed by atoms with Gasteiger partial charge in [0.25, 0.3) is 0 Å². The Morgan fingerprint density at radius 2 is 1.82 bits per heavy atom. The minimum atomic E-state index is -0.262. The highest BCUT2D eigenvalue weighted by molar-refractivity contribution is 4.82. The molecule has 0 aromatic rings. The van der Waals surface area contributed by atoms with Crippen molar-refractivity contribution in [3.63, 3.8) is 0 Å². The predicted octanol–water partition coefficient (Wildman–Crippen LogP) is 3.91. The topological polar surface area (TPSA) is 29.5 Å². The third-order valence-electron chi connectivity index (χ3n) is 4.03. The lowest BCUT2D eigenvalue weighted by Gasteiger charge is -2.37. The summed E-state index contributed by atoms with van der Waals surface area (Å²) in [6, 6.07) is 0. The largest absolute Gasteiger partial charge is 0.391 e. The molecule has 0 aliphatic heterocycles. The number of ether oxygens (including phenoxy) is 1. The van der Waals surface area contributed by atoms with Crippen LogP contribution in [0.1, 0.15) is 71.6 Å². The van der Waals surface area contributed by atoms with E-state index in [0.29, 0.717) is 12.0 Å². The number of rotatable bonds is 8. The maximum absolute atomic E-state index is 9.67. The summed E-state index contributed by atoms with van der Waals surface area (Å²) in [6.45, 7) is 5.76. The Kier molecular flexibility index (Phi) is 7.14. The quantitative estimate of drug-likeness (QED) is 0.699. The molecule has 1 aliphatic carbocycles. The van der Waals surface area contributed by atoms with Crippen molar-refractivity contribution < 1.29 is 9.84 Å². The normalized spacial score (nSPS) is 21.4. The lowest BCUT2D eigenvalue weighted by atomic mass is 9.72. The number of hydrogen-bond donors (Lipinski definition) is 1. The first-order valence-corrected chi connectivity index (χ1v) is 7.48. The van der Waals surface area contributed by atoms with E-state index >= 15 is 0 Å². The zero-order chi connectivity index (χ0) is 12.6. The van der Waals surface area contributed by atoms with Crippen LogP contribution in [0, 0.1) is 5.41 Å². The Labute approximate surface area is 107 Å². The molecular weight excluding hydrogens is 212 g/mol. The minimum absolute atomic E-state index is 0.262. The molecule has 0 heterocycles. The molecule has 0 aromatic carbocycles. The van der Waals surface area contributed by atoms with Crippen LogP contribution in [0.2, 0.25) is 0 Å². The standard InChI is InChI=1S/C15H30O2/c1-3-8-14(16)12-17-13-15(9-4-2)10-6-5-7-11-15/h14,16H,3-13H2,1-2H3. The molecular formula is C15H30O2. The molecule has 0 bridgehead atoms. The molecule has 17 heavy (non-hydrogen) atoms. The summed E-state index contributed by atoms with van der Waals surface area (Å²) in [7, 11) is 0. The van der Waals surface area contributed by atoms with Crippen LogP contribution >= 0.6 is 0 Å². The fourth-order valence-corrected chi connectivity index (χ4v) is 3.13. The van der Waals surface area contributed by atoms with Gasteiger partial charge in [0.05, 0.1) is 19.3 Å². The molecule has 1 aliphatic rings. The fraction of sp³-hybridized carbons (Fsp3) is 1.00. The van der Waals surface area contributed by atoms with Crippen LogP contribution in [0.5, 0.6) is 0 Å². The number of hydrogen-bond acceptors (Lipinski definition) is 2. The summed E-state index contributed by atoms with van der Waals surface area (Å²) in [4.78, 5) is 0. The van der Waals surface area contributed by atoms with Crippen molar-refractivity contribution in [2.75, 3.05) is 13.2 Å². The van der Waals surface area contributed by atoms with Gasteiger partial charge in [0.1, 0.15) is 0 Å². The van der Waals surface area contributed by atoms with Crippen LogP contribution in [-0.4, -0.2) is 24.4 Å². The van der Waals surface area contributed by atoms with Crippen molar-refractivity contribution in [3.05, 3.63) is 0 Å². The van der Waals surface area contributed by atoms with E-state index in [9.17, 15) is 5.11 Å². The molecule has 0 spiro atoms. The lowest BCUT2D eigenvalue weighted by Crippen LogP contribution is -2.31. The number of aliphatic hydroxyl groups is 1. The summed E-state index contributed by atoms with van der Waals surface area (Å²) >= 11 is 0. The van der Waals surface area contributed by atoms with Gasteiger partial charge in [-0.05, 0) is 31.1 Å². The third-order valence-corrected chi connectivity index (χ3v) is 4.03. The molecule has 1 rings (SSSR count). The van der Waals surface area contributed by atoms with Crippen LogP contribution in [0.4, 0.5) is 0 Å². The monoisotopic (exact) mass is 242 g/mol. The molecule has 102 valence electrons. The third kappa shape index (κ3) is 5.39. The summed E-state index contributed by atoms with van der Waals surface area (Å²) < 4.78 is 5.79. The van der Waals surface area contributed by atoms with Crippen LogP contribution in [0.25, 0.3) is 0 Å². The average Bonchev–Trinajstić information content (AvgIpc) is 2.31. The Balaban J connectivity index is 2.28. The van der Waals surface area contributed by atoms with E-state index in [2.05, 4.69) is 13.8 Å². The van der Waals surface area contributed by atoms with E-state index in [1.807, 2.05) is 0 Å². The Morgan fingerprint density at radius 1 is 1.12 bits per heavy atom. The van der Waals surface area contributed by atoms with Gasteiger partial charge in [0.15, 0.2) is 0 Å². The van der Waals surface area contributed by atoms with Gasteiger partial charge in [0.2, 0.25) is 0 Å². The van der Waals surface area contributed by atoms with Crippen LogP contribution in [0.15, 0.2) is 0 Å². The molecule has 1 unspecified atom stereocenters. The second-order valence-corrected chi connectivity index (χ2v) is 5.77. The fourth-order valence-electron chi connectivity index (χ4n) is 3.13. The van der Waals surface area contributed by atoms with Gasteiger partial charge < -0.3 is 9.84 Å². The first-order valence-electron chi connectivity index (χ1n) is 7.48. The van der Waals surface area contributed by atoms with Gasteiger partial charge in [-0.1, -0.05) is 46.0 Å². The highest BCUT2D eigenvalue weighted by Gasteiger charge is 2.31. The molecule has 0 amide bonds. The van der Waals surface area contributed by atoms with Crippen molar-refractivity contribution >= 4 is 0 Å². The predicted molar refractivity (Wildman–Crippen MR) is 72.2 cm³/mol. The maximum atomic E-state index is 9.67. The molecule has 0 saturated heterocycles. The highest BCUT2D eigenvalue weighted by Crippen LogP contribution is 2.40.